The van der Waals surface area contributed by atoms with Gasteiger partial charge < -0.3 is 10.5 Å². The first kappa shape index (κ1) is 14.8. The summed E-state index contributed by atoms with van der Waals surface area (Å²) in [6.07, 6.45) is 0. The Morgan fingerprint density at radius 1 is 1.15 bits per heavy atom. The van der Waals surface area contributed by atoms with Crippen molar-refractivity contribution in [3.8, 4) is 5.75 Å². The van der Waals surface area contributed by atoms with Gasteiger partial charge in [0.2, 0.25) is 0 Å². The Morgan fingerprint density at radius 2 is 1.80 bits per heavy atom. The minimum atomic E-state index is -1.11. The molecular weight excluding hydrogens is 270 g/mol. The normalized spacial score (nSPS) is 13.8. The van der Waals surface area contributed by atoms with Crippen molar-refractivity contribution >= 4 is 10.8 Å². The second-order valence-corrected chi connectivity index (χ2v) is 6.15. The molecule has 0 bridgehead atoms. The molecule has 106 valence electrons. The van der Waals surface area contributed by atoms with E-state index in [1.807, 2.05) is 55.5 Å². The number of ether oxygens (including phenoxy) is 1. The first-order valence-corrected chi connectivity index (χ1v) is 7.77. The summed E-state index contributed by atoms with van der Waals surface area (Å²) in [5, 5.41) is 0. The zero-order valence-corrected chi connectivity index (χ0v) is 12.5. The molecular formula is C16H19NO2S. The van der Waals surface area contributed by atoms with Crippen molar-refractivity contribution < 1.29 is 8.95 Å². The van der Waals surface area contributed by atoms with E-state index in [-0.39, 0.29) is 6.04 Å². The molecule has 0 heterocycles. The van der Waals surface area contributed by atoms with Gasteiger partial charge in [-0.2, -0.15) is 0 Å². The number of benzene rings is 2. The number of methoxy groups -OCH3 is 1. The molecule has 0 aliphatic heterocycles. The molecule has 0 radical (unpaired) electrons. The predicted octanol–water partition coefficient (Wildman–Crippen LogP) is 2.81. The zero-order chi connectivity index (χ0) is 14.5. The topological polar surface area (TPSA) is 52.3 Å². The van der Waals surface area contributed by atoms with E-state index in [4.69, 9.17) is 10.5 Å². The molecule has 0 aliphatic rings. The van der Waals surface area contributed by atoms with Crippen LogP contribution in [-0.2, 0) is 10.8 Å². The van der Waals surface area contributed by atoms with E-state index >= 15 is 0 Å². The van der Waals surface area contributed by atoms with Crippen molar-refractivity contribution in [1.82, 2.24) is 0 Å². The molecule has 0 saturated heterocycles. The molecule has 2 unspecified atom stereocenters. The van der Waals surface area contributed by atoms with E-state index in [2.05, 4.69) is 0 Å². The molecule has 0 amide bonds. The maximum atomic E-state index is 12.3. The van der Waals surface area contributed by atoms with Crippen molar-refractivity contribution in [3.63, 3.8) is 0 Å². The Balaban J connectivity index is 2.09. The van der Waals surface area contributed by atoms with E-state index < -0.39 is 10.8 Å². The first-order chi connectivity index (χ1) is 9.61. The first-order valence-electron chi connectivity index (χ1n) is 6.45. The summed E-state index contributed by atoms with van der Waals surface area (Å²) in [4.78, 5) is 0.773. The molecule has 0 saturated carbocycles. The molecule has 3 nitrogen and oxygen atoms in total. The van der Waals surface area contributed by atoms with E-state index in [1.165, 1.54) is 0 Å². The Hall–Kier alpha value is -1.65. The maximum absolute atomic E-state index is 12.3. The smallest absolute Gasteiger partial charge is 0.118 e. The highest BCUT2D eigenvalue weighted by Crippen LogP contribution is 2.20. The van der Waals surface area contributed by atoms with Gasteiger partial charge in [0.1, 0.15) is 5.75 Å². The minimum absolute atomic E-state index is 0.223. The van der Waals surface area contributed by atoms with Crippen LogP contribution in [0.15, 0.2) is 53.4 Å². The number of hydrogen-bond donors (Lipinski definition) is 1. The number of hydrogen-bond acceptors (Lipinski definition) is 3. The van der Waals surface area contributed by atoms with Gasteiger partial charge in [0, 0.05) is 16.7 Å². The lowest BCUT2D eigenvalue weighted by Gasteiger charge is -2.14. The Bertz CT molecular complexity index is 596. The fourth-order valence-electron chi connectivity index (χ4n) is 2.08. The molecule has 2 N–H and O–H groups in total. The third kappa shape index (κ3) is 3.46. The van der Waals surface area contributed by atoms with Crippen molar-refractivity contribution in [2.24, 2.45) is 5.73 Å². The largest absolute Gasteiger partial charge is 0.497 e. The third-order valence-corrected chi connectivity index (χ3v) is 4.70. The highest BCUT2D eigenvalue weighted by atomic mass is 32.2. The molecule has 0 fully saturated rings. The van der Waals surface area contributed by atoms with E-state index in [9.17, 15) is 4.21 Å². The summed E-state index contributed by atoms with van der Waals surface area (Å²) >= 11 is 0. The van der Waals surface area contributed by atoms with Crippen molar-refractivity contribution in [1.29, 1.82) is 0 Å². The van der Waals surface area contributed by atoms with Crippen LogP contribution in [-0.4, -0.2) is 17.1 Å². The second kappa shape index (κ2) is 6.68. The standard InChI is InChI=1S/C16H19NO2S/c1-12-5-3-4-6-15(12)16(17)11-20(18)14-9-7-13(19-2)8-10-14/h3-10,16H,11,17H2,1-2H3. The SMILES string of the molecule is COc1ccc(S(=O)CC(N)c2ccccc2C)cc1. The molecule has 4 heteroatoms. The lowest BCUT2D eigenvalue weighted by atomic mass is 10.0. The molecule has 0 spiro atoms. The molecule has 2 aromatic rings. The van der Waals surface area contributed by atoms with Crippen LogP contribution in [0.3, 0.4) is 0 Å². The average molecular weight is 289 g/mol. The maximum Gasteiger partial charge on any atom is 0.118 e. The second-order valence-electron chi connectivity index (χ2n) is 4.65. The van der Waals surface area contributed by atoms with Crippen LogP contribution >= 0.6 is 0 Å². The van der Waals surface area contributed by atoms with Gasteiger partial charge in [0.05, 0.1) is 17.9 Å². The summed E-state index contributed by atoms with van der Waals surface area (Å²) in [5.41, 5.74) is 8.35. The van der Waals surface area contributed by atoms with Crippen molar-refractivity contribution in [2.75, 3.05) is 12.9 Å². The monoisotopic (exact) mass is 289 g/mol. The number of aryl methyl sites for hydroxylation is 1. The van der Waals surface area contributed by atoms with Crippen molar-refractivity contribution in [2.45, 2.75) is 17.9 Å². The number of nitrogens with two attached hydrogens (primary N) is 1. The Kier molecular flexibility index (Phi) is 4.93. The van der Waals surface area contributed by atoms with Gasteiger partial charge in [-0.05, 0) is 42.3 Å². The van der Waals surface area contributed by atoms with Crippen LogP contribution in [0.2, 0.25) is 0 Å². The van der Waals surface area contributed by atoms with E-state index in [1.54, 1.807) is 7.11 Å². The van der Waals surface area contributed by atoms with Gasteiger partial charge in [-0.1, -0.05) is 24.3 Å². The molecule has 20 heavy (non-hydrogen) atoms. The zero-order valence-electron chi connectivity index (χ0n) is 11.7. The van der Waals surface area contributed by atoms with E-state index in [0.29, 0.717) is 5.75 Å². The molecule has 0 aromatic heterocycles. The lowest BCUT2D eigenvalue weighted by Crippen LogP contribution is -2.19. The van der Waals surface area contributed by atoms with Crippen LogP contribution in [0, 0.1) is 6.92 Å². The van der Waals surface area contributed by atoms with Gasteiger partial charge in [0.25, 0.3) is 0 Å². The summed E-state index contributed by atoms with van der Waals surface area (Å²) in [6.45, 7) is 2.02. The van der Waals surface area contributed by atoms with Crippen molar-refractivity contribution in [3.05, 3.63) is 59.7 Å². The Morgan fingerprint density at radius 3 is 2.40 bits per heavy atom. The molecule has 0 aliphatic carbocycles. The highest BCUT2D eigenvalue weighted by molar-refractivity contribution is 7.85. The van der Waals surface area contributed by atoms with Gasteiger partial charge in [-0.3, -0.25) is 4.21 Å². The average Bonchev–Trinajstić information content (AvgIpc) is 2.47. The minimum Gasteiger partial charge on any atom is -0.497 e. The molecule has 2 rings (SSSR count). The van der Waals surface area contributed by atoms with E-state index in [0.717, 1.165) is 21.8 Å². The fourth-order valence-corrected chi connectivity index (χ4v) is 3.22. The summed E-state index contributed by atoms with van der Waals surface area (Å²) < 4.78 is 17.4. The van der Waals surface area contributed by atoms with Crippen LogP contribution in [0.25, 0.3) is 0 Å². The fraction of sp³-hybridized carbons (Fsp3) is 0.250. The molecule has 2 aromatic carbocycles. The Labute approximate surface area is 122 Å². The predicted molar refractivity (Wildman–Crippen MR) is 82.4 cm³/mol. The molecule has 2 atom stereocenters. The lowest BCUT2D eigenvalue weighted by molar-refractivity contribution is 0.414. The van der Waals surface area contributed by atoms with Crippen LogP contribution in [0.1, 0.15) is 17.2 Å². The van der Waals surface area contributed by atoms with Gasteiger partial charge in [-0.15, -0.1) is 0 Å². The van der Waals surface area contributed by atoms with Crippen LogP contribution < -0.4 is 10.5 Å². The quantitative estimate of drug-likeness (QED) is 0.921. The van der Waals surface area contributed by atoms with Gasteiger partial charge >= 0.3 is 0 Å². The highest BCUT2D eigenvalue weighted by Gasteiger charge is 2.13. The number of rotatable bonds is 5. The van der Waals surface area contributed by atoms with Gasteiger partial charge in [0.15, 0.2) is 0 Å². The summed E-state index contributed by atoms with van der Waals surface area (Å²) in [5.74, 6) is 1.17. The summed E-state index contributed by atoms with van der Waals surface area (Å²) in [7, 11) is 0.498. The third-order valence-electron chi connectivity index (χ3n) is 3.24. The van der Waals surface area contributed by atoms with Crippen LogP contribution in [0.4, 0.5) is 0 Å². The summed E-state index contributed by atoms with van der Waals surface area (Å²) in [6, 6.07) is 15.0. The van der Waals surface area contributed by atoms with Gasteiger partial charge in [-0.25, -0.2) is 0 Å². The van der Waals surface area contributed by atoms with Crippen LogP contribution in [0.5, 0.6) is 5.75 Å².